The van der Waals surface area contributed by atoms with Gasteiger partial charge in [0, 0.05) is 45.3 Å². The summed E-state index contributed by atoms with van der Waals surface area (Å²) in [5, 5.41) is 3.66. The molecule has 0 bridgehead atoms. The molecule has 0 saturated carbocycles. The molecule has 0 aromatic carbocycles. The number of rotatable bonds is 9. The van der Waals surface area contributed by atoms with Crippen LogP contribution in [0.15, 0.2) is 0 Å². The Bertz CT molecular complexity index is 232. The predicted molar refractivity (Wildman–Crippen MR) is 89.3 cm³/mol. The second-order valence-corrected chi connectivity index (χ2v) is 7.23. The summed E-state index contributed by atoms with van der Waals surface area (Å²) in [6.45, 7) is 20.1. The van der Waals surface area contributed by atoms with Gasteiger partial charge in [0.05, 0.1) is 0 Å². The number of nitrogens with zero attached hydrogens (tertiary/aromatic N) is 2. The van der Waals surface area contributed by atoms with Gasteiger partial charge in [0.15, 0.2) is 0 Å². The SMILES string of the molecule is CCCC(CNCC(C)C)N1CCN(CC(C)C)CC1. The third kappa shape index (κ3) is 7.05. The lowest BCUT2D eigenvalue weighted by molar-refractivity contribution is 0.0842. The lowest BCUT2D eigenvalue weighted by atomic mass is 10.1. The topological polar surface area (TPSA) is 18.5 Å². The van der Waals surface area contributed by atoms with E-state index in [1.54, 1.807) is 0 Å². The van der Waals surface area contributed by atoms with E-state index < -0.39 is 0 Å². The highest BCUT2D eigenvalue weighted by Crippen LogP contribution is 2.12. The molecule has 1 atom stereocenters. The molecule has 0 aromatic rings. The maximum absolute atomic E-state index is 3.66. The Morgan fingerprint density at radius 1 is 0.900 bits per heavy atom. The largest absolute Gasteiger partial charge is 0.315 e. The van der Waals surface area contributed by atoms with Crippen LogP contribution >= 0.6 is 0 Å². The van der Waals surface area contributed by atoms with E-state index in [-0.39, 0.29) is 0 Å². The van der Waals surface area contributed by atoms with Gasteiger partial charge in [-0.05, 0) is 24.8 Å². The maximum atomic E-state index is 3.66. The summed E-state index contributed by atoms with van der Waals surface area (Å²) in [5.74, 6) is 1.54. The van der Waals surface area contributed by atoms with Crippen LogP contribution in [0, 0.1) is 11.8 Å². The second kappa shape index (κ2) is 9.75. The van der Waals surface area contributed by atoms with Crippen molar-refractivity contribution in [3.63, 3.8) is 0 Å². The normalized spacial score (nSPS) is 19.9. The van der Waals surface area contributed by atoms with E-state index in [4.69, 9.17) is 0 Å². The molecule has 20 heavy (non-hydrogen) atoms. The maximum Gasteiger partial charge on any atom is 0.0221 e. The minimum Gasteiger partial charge on any atom is -0.315 e. The van der Waals surface area contributed by atoms with E-state index >= 15 is 0 Å². The summed E-state index contributed by atoms with van der Waals surface area (Å²) in [6, 6.07) is 0.736. The van der Waals surface area contributed by atoms with Crippen LogP contribution in [-0.4, -0.2) is 61.7 Å². The molecule has 1 N–H and O–H groups in total. The Morgan fingerprint density at radius 2 is 1.55 bits per heavy atom. The van der Waals surface area contributed by atoms with Crippen molar-refractivity contribution >= 4 is 0 Å². The Hall–Kier alpha value is -0.120. The first-order valence-corrected chi connectivity index (χ1v) is 8.70. The highest BCUT2D eigenvalue weighted by Gasteiger charge is 2.23. The van der Waals surface area contributed by atoms with Crippen molar-refractivity contribution in [3.8, 4) is 0 Å². The lowest BCUT2D eigenvalue weighted by Gasteiger charge is -2.40. The molecule has 1 saturated heterocycles. The van der Waals surface area contributed by atoms with Gasteiger partial charge < -0.3 is 10.2 Å². The van der Waals surface area contributed by atoms with Crippen molar-refractivity contribution in [2.24, 2.45) is 11.8 Å². The van der Waals surface area contributed by atoms with Gasteiger partial charge >= 0.3 is 0 Å². The Labute approximate surface area is 127 Å². The molecule has 1 aliphatic rings. The van der Waals surface area contributed by atoms with Gasteiger partial charge in [-0.1, -0.05) is 41.0 Å². The third-order valence-electron chi connectivity index (χ3n) is 4.10. The molecule has 1 rings (SSSR count). The smallest absolute Gasteiger partial charge is 0.0221 e. The molecule has 3 heteroatoms. The molecule has 1 unspecified atom stereocenters. The highest BCUT2D eigenvalue weighted by molar-refractivity contribution is 4.80. The lowest BCUT2D eigenvalue weighted by Crippen LogP contribution is -2.53. The minimum absolute atomic E-state index is 0.736. The molecule has 1 aliphatic heterocycles. The van der Waals surface area contributed by atoms with Crippen LogP contribution in [0.1, 0.15) is 47.5 Å². The number of nitrogens with one attached hydrogen (secondary N) is 1. The van der Waals surface area contributed by atoms with E-state index in [9.17, 15) is 0 Å². The second-order valence-electron chi connectivity index (χ2n) is 7.23. The third-order valence-corrected chi connectivity index (χ3v) is 4.10. The average molecular weight is 284 g/mol. The molecule has 0 radical (unpaired) electrons. The van der Waals surface area contributed by atoms with E-state index in [1.807, 2.05) is 0 Å². The Balaban J connectivity index is 2.33. The fourth-order valence-electron chi connectivity index (χ4n) is 3.11. The van der Waals surface area contributed by atoms with Crippen molar-refractivity contribution in [1.82, 2.24) is 15.1 Å². The molecular formula is C17H37N3. The van der Waals surface area contributed by atoms with Crippen LogP contribution in [0.2, 0.25) is 0 Å². The molecule has 1 heterocycles. The van der Waals surface area contributed by atoms with Gasteiger partial charge in [0.1, 0.15) is 0 Å². The summed E-state index contributed by atoms with van der Waals surface area (Å²) in [4.78, 5) is 5.35. The van der Waals surface area contributed by atoms with Gasteiger partial charge in [0.25, 0.3) is 0 Å². The molecule has 0 spiro atoms. The molecule has 0 aromatic heterocycles. The van der Waals surface area contributed by atoms with Gasteiger partial charge in [-0.25, -0.2) is 0 Å². The zero-order valence-electron chi connectivity index (χ0n) is 14.5. The van der Waals surface area contributed by atoms with Gasteiger partial charge in [-0.3, -0.25) is 4.90 Å². The van der Waals surface area contributed by atoms with E-state index in [1.165, 1.54) is 45.6 Å². The number of piperazine rings is 1. The van der Waals surface area contributed by atoms with Crippen molar-refractivity contribution in [2.45, 2.75) is 53.5 Å². The van der Waals surface area contributed by atoms with Crippen molar-refractivity contribution in [2.75, 3.05) is 45.8 Å². The zero-order valence-corrected chi connectivity index (χ0v) is 14.5. The standard InChI is InChI=1S/C17H37N3/c1-6-7-17(13-18-12-15(2)3)20-10-8-19(9-11-20)14-16(4)5/h15-18H,6-14H2,1-5H3. The van der Waals surface area contributed by atoms with E-state index in [2.05, 4.69) is 49.7 Å². The summed E-state index contributed by atoms with van der Waals surface area (Å²) in [6.07, 6.45) is 2.62. The van der Waals surface area contributed by atoms with Crippen LogP contribution in [0.5, 0.6) is 0 Å². The molecule has 1 fully saturated rings. The van der Waals surface area contributed by atoms with Gasteiger partial charge in [-0.2, -0.15) is 0 Å². The number of hydrogen-bond donors (Lipinski definition) is 1. The van der Waals surface area contributed by atoms with Crippen molar-refractivity contribution in [3.05, 3.63) is 0 Å². The Morgan fingerprint density at radius 3 is 2.05 bits per heavy atom. The first kappa shape index (κ1) is 17.9. The number of hydrogen-bond acceptors (Lipinski definition) is 3. The van der Waals surface area contributed by atoms with Crippen LogP contribution in [0.25, 0.3) is 0 Å². The molecular weight excluding hydrogens is 246 g/mol. The summed E-state index contributed by atoms with van der Waals surface area (Å²) < 4.78 is 0. The van der Waals surface area contributed by atoms with Gasteiger partial charge in [0.2, 0.25) is 0 Å². The summed E-state index contributed by atoms with van der Waals surface area (Å²) in [7, 11) is 0. The quantitative estimate of drug-likeness (QED) is 0.702. The molecule has 0 amide bonds. The fourth-order valence-corrected chi connectivity index (χ4v) is 3.11. The van der Waals surface area contributed by atoms with Crippen LogP contribution in [0.4, 0.5) is 0 Å². The predicted octanol–water partition coefficient (Wildman–Crippen LogP) is 2.67. The monoisotopic (exact) mass is 283 g/mol. The Kier molecular flexibility index (Phi) is 8.74. The first-order valence-electron chi connectivity index (χ1n) is 8.70. The van der Waals surface area contributed by atoms with E-state index in [0.717, 1.165) is 31.0 Å². The molecule has 3 nitrogen and oxygen atoms in total. The van der Waals surface area contributed by atoms with Crippen LogP contribution < -0.4 is 5.32 Å². The van der Waals surface area contributed by atoms with E-state index in [0.29, 0.717) is 0 Å². The first-order chi connectivity index (χ1) is 9.52. The fraction of sp³-hybridized carbons (Fsp3) is 1.00. The average Bonchev–Trinajstić information content (AvgIpc) is 2.37. The highest BCUT2D eigenvalue weighted by atomic mass is 15.3. The van der Waals surface area contributed by atoms with Gasteiger partial charge in [-0.15, -0.1) is 0 Å². The summed E-state index contributed by atoms with van der Waals surface area (Å²) in [5.41, 5.74) is 0. The van der Waals surface area contributed by atoms with Crippen molar-refractivity contribution < 1.29 is 0 Å². The van der Waals surface area contributed by atoms with Crippen molar-refractivity contribution in [1.29, 1.82) is 0 Å². The van der Waals surface area contributed by atoms with Crippen LogP contribution in [-0.2, 0) is 0 Å². The zero-order chi connectivity index (χ0) is 15.0. The summed E-state index contributed by atoms with van der Waals surface area (Å²) >= 11 is 0. The minimum atomic E-state index is 0.736. The molecule has 0 aliphatic carbocycles. The van der Waals surface area contributed by atoms with Crippen LogP contribution in [0.3, 0.4) is 0 Å². The molecule has 120 valence electrons.